The number of nitrogens with zero attached hydrogens (tertiary/aromatic N) is 3. The molecule has 130 valence electrons. The number of ether oxygens (including phenoxy) is 1. The minimum absolute atomic E-state index is 0.0402. The quantitative estimate of drug-likeness (QED) is 0.875. The summed E-state index contributed by atoms with van der Waals surface area (Å²) >= 11 is 0. The Morgan fingerprint density at radius 1 is 1.40 bits per heavy atom. The average Bonchev–Trinajstić information content (AvgIpc) is 3.17. The van der Waals surface area contributed by atoms with Gasteiger partial charge < -0.3 is 20.1 Å². The molecule has 7 nitrogen and oxygen atoms in total. The number of amides is 1. The number of carbonyl (C=O) groups excluding carboxylic acids is 1. The molecule has 0 radical (unpaired) electrons. The molecule has 1 fully saturated rings. The minimum atomic E-state index is -0.317. The second kappa shape index (κ2) is 6.68. The molecule has 4 heterocycles. The van der Waals surface area contributed by atoms with Gasteiger partial charge >= 0.3 is 0 Å². The van der Waals surface area contributed by atoms with Gasteiger partial charge in [-0.15, -0.1) is 0 Å². The summed E-state index contributed by atoms with van der Waals surface area (Å²) in [6, 6.07) is 5.72. The number of carbonyl (C=O) groups is 1. The number of hydrogen-bond donors (Lipinski definition) is 2. The predicted octanol–water partition coefficient (Wildman–Crippen LogP) is 1.27. The lowest BCUT2D eigenvalue weighted by Crippen LogP contribution is -2.34. The van der Waals surface area contributed by atoms with Crippen LogP contribution in [0.25, 0.3) is 0 Å². The number of hydrogen-bond acceptors (Lipinski definition) is 6. The van der Waals surface area contributed by atoms with Crippen LogP contribution < -0.4 is 10.1 Å². The smallest absolute Gasteiger partial charge is 0.255 e. The van der Waals surface area contributed by atoms with E-state index in [4.69, 9.17) is 4.74 Å². The molecular formula is C18H20N4O3. The molecule has 1 amide bonds. The van der Waals surface area contributed by atoms with Crippen LogP contribution in [0, 0.1) is 0 Å². The summed E-state index contributed by atoms with van der Waals surface area (Å²) in [7, 11) is 0. The predicted molar refractivity (Wildman–Crippen MR) is 91.7 cm³/mol. The highest BCUT2D eigenvalue weighted by molar-refractivity contribution is 5.95. The number of likely N-dealkylation sites (tertiary alicyclic amines) is 1. The third-order valence-electron chi connectivity index (χ3n) is 4.75. The molecule has 0 saturated carbocycles. The van der Waals surface area contributed by atoms with Crippen LogP contribution in [-0.4, -0.2) is 58.2 Å². The second-order valence-electron chi connectivity index (χ2n) is 6.39. The molecule has 2 atom stereocenters. The summed E-state index contributed by atoms with van der Waals surface area (Å²) < 4.78 is 5.67. The zero-order chi connectivity index (χ0) is 17.2. The second-order valence-corrected chi connectivity index (χ2v) is 6.39. The first-order valence-electron chi connectivity index (χ1n) is 8.45. The first-order valence-corrected chi connectivity index (χ1v) is 8.45. The third-order valence-corrected chi connectivity index (χ3v) is 4.75. The number of aliphatic hydroxyl groups is 1. The number of nitrogens with one attached hydrogen (secondary N) is 1. The van der Waals surface area contributed by atoms with Gasteiger partial charge in [0.25, 0.3) is 5.91 Å². The molecule has 7 heteroatoms. The first kappa shape index (κ1) is 15.8. The van der Waals surface area contributed by atoms with Gasteiger partial charge in [-0.3, -0.25) is 9.78 Å². The van der Waals surface area contributed by atoms with Gasteiger partial charge in [-0.05, 0) is 30.2 Å². The van der Waals surface area contributed by atoms with Gasteiger partial charge in [0.05, 0.1) is 18.7 Å². The Morgan fingerprint density at radius 2 is 2.24 bits per heavy atom. The van der Waals surface area contributed by atoms with Gasteiger partial charge in [0.15, 0.2) is 11.6 Å². The normalized spacial score (nSPS) is 22.0. The number of aliphatic hydroxyl groups excluding tert-OH is 1. The van der Waals surface area contributed by atoms with E-state index in [2.05, 4.69) is 15.3 Å². The highest BCUT2D eigenvalue weighted by Gasteiger charge is 2.29. The van der Waals surface area contributed by atoms with E-state index in [9.17, 15) is 9.90 Å². The molecule has 1 saturated heterocycles. The molecular weight excluding hydrogens is 320 g/mol. The van der Waals surface area contributed by atoms with Gasteiger partial charge in [0, 0.05) is 37.6 Å². The SMILES string of the molecule is O=C(c1cnc2c(c1)O[C@H](CO)CN2)N1CCC(c2ccncc2)C1. The van der Waals surface area contributed by atoms with E-state index in [1.165, 1.54) is 5.56 Å². The zero-order valence-corrected chi connectivity index (χ0v) is 13.8. The Labute approximate surface area is 145 Å². The monoisotopic (exact) mass is 340 g/mol. The number of anilines is 1. The lowest BCUT2D eigenvalue weighted by Gasteiger charge is -2.25. The Morgan fingerprint density at radius 3 is 3.04 bits per heavy atom. The largest absolute Gasteiger partial charge is 0.482 e. The minimum Gasteiger partial charge on any atom is -0.482 e. The topological polar surface area (TPSA) is 87.6 Å². The highest BCUT2D eigenvalue weighted by atomic mass is 16.5. The molecule has 0 aromatic carbocycles. The number of aromatic nitrogens is 2. The van der Waals surface area contributed by atoms with Crippen molar-refractivity contribution in [2.45, 2.75) is 18.4 Å². The lowest BCUT2D eigenvalue weighted by atomic mass is 10.00. The van der Waals surface area contributed by atoms with E-state index in [1.807, 2.05) is 17.0 Å². The van der Waals surface area contributed by atoms with Crippen LogP contribution in [0.15, 0.2) is 36.8 Å². The standard InChI is InChI=1S/C18H20N4O3/c23-11-15-9-21-17-16(25-15)7-14(8-20-17)18(24)22-6-3-13(10-22)12-1-4-19-5-2-12/h1-2,4-5,7-8,13,15,23H,3,6,9-11H2,(H,20,21)/t13?,15-/m0/s1. The molecule has 0 aliphatic carbocycles. The molecule has 0 bridgehead atoms. The molecule has 0 spiro atoms. The first-order chi connectivity index (χ1) is 12.2. The van der Waals surface area contributed by atoms with Gasteiger partial charge in [0.1, 0.15) is 6.10 Å². The van der Waals surface area contributed by atoms with Crippen LogP contribution in [0.2, 0.25) is 0 Å². The maximum atomic E-state index is 12.8. The molecule has 2 aromatic rings. The summed E-state index contributed by atoms with van der Waals surface area (Å²) in [5.74, 6) is 1.43. The molecule has 2 N–H and O–H groups in total. The molecule has 1 unspecified atom stereocenters. The van der Waals surface area contributed by atoms with Crippen LogP contribution in [0.3, 0.4) is 0 Å². The van der Waals surface area contributed by atoms with Crippen molar-refractivity contribution in [3.8, 4) is 5.75 Å². The van der Waals surface area contributed by atoms with Crippen LogP contribution in [0.1, 0.15) is 28.3 Å². The van der Waals surface area contributed by atoms with Crippen molar-refractivity contribution in [3.05, 3.63) is 47.9 Å². The fourth-order valence-electron chi connectivity index (χ4n) is 3.35. The Bertz CT molecular complexity index is 768. The summed E-state index contributed by atoms with van der Waals surface area (Å²) in [4.78, 5) is 23.0. The Balaban J connectivity index is 1.48. The van der Waals surface area contributed by atoms with Gasteiger partial charge in [-0.2, -0.15) is 0 Å². The van der Waals surface area contributed by atoms with E-state index in [-0.39, 0.29) is 18.6 Å². The van der Waals surface area contributed by atoms with Crippen molar-refractivity contribution in [2.75, 3.05) is 31.6 Å². The van der Waals surface area contributed by atoms with Crippen molar-refractivity contribution in [1.82, 2.24) is 14.9 Å². The zero-order valence-electron chi connectivity index (χ0n) is 13.8. The third kappa shape index (κ3) is 3.15. The fraction of sp³-hybridized carbons (Fsp3) is 0.389. The van der Waals surface area contributed by atoms with E-state index < -0.39 is 0 Å². The van der Waals surface area contributed by atoms with Crippen LogP contribution in [0.5, 0.6) is 5.75 Å². The highest BCUT2D eigenvalue weighted by Crippen LogP contribution is 2.30. The van der Waals surface area contributed by atoms with Crippen LogP contribution in [0.4, 0.5) is 5.82 Å². The van der Waals surface area contributed by atoms with Gasteiger partial charge in [-0.1, -0.05) is 0 Å². The Hall–Kier alpha value is -2.67. The number of fused-ring (bicyclic) bond motifs is 1. The molecule has 2 aliphatic heterocycles. The van der Waals surface area contributed by atoms with E-state index in [0.29, 0.717) is 36.1 Å². The van der Waals surface area contributed by atoms with Crippen LogP contribution in [-0.2, 0) is 0 Å². The van der Waals surface area contributed by atoms with E-state index in [1.54, 1.807) is 24.7 Å². The molecule has 4 rings (SSSR count). The fourth-order valence-corrected chi connectivity index (χ4v) is 3.35. The van der Waals surface area contributed by atoms with Gasteiger partial charge in [0.2, 0.25) is 0 Å². The average molecular weight is 340 g/mol. The summed E-state index contributed by atoms with van der Waals surface area (Å²) in [5, 5.41) is 12.3. The van der Waals surface area contributed by atoms with Crippen molar-refractivity contribution < 1.29 is 14.6 Å². The molecule has 2 aromatic heterocycles. The molecule has 25 heavy (non-hydrogen) atoms. The van der Waals surface area contributed by atoms with Gasteiger partial charge in [-0.25, -0.2) is 4.98 Å². The van der Waals surface area contributed by atoms with E-state index >= 15 is 0 Å². The van der Waals surface area contributed by atoms with Crippen molar-refractivity contribution in [3.63, 3.8) is 0 Å². The van der Waals surface area contributed by atoms with Crippen LogP contribution >= 0.6 is 0 Å². The maximum Gasteiger partial charge on any atom is 0.255 e. The maximum absolute atomic E-state index is 12.8. The van der Waals surface area contributed by atoms with E-state index in [0.717, 1.165) is 13.0 Å². The lowest BCUT2D eigenvalue weighted by molar-refractivity contribution is 0.0788. The summed E-state index contributed by atoms with van der Waals surface area (Å²) in [5.41, 5.74) is 1.72. The Kier molecular flexibility index (Phi) is 4.23. The summed E-state index contributed by atoms with van der Waals surface area (Å²) in [6.45, 7) is 1.84. The number of pyridine rings is 2. The van der Waals surface area contributed by atoms with Crippen molar-refractivity contribution in [1.29, 1.82) is 0 Å². The number of rotatable bonds is 3. The molecule has 2 aliphatic rings. The van der Waals surface area contributed by atoms with Crippen molar-refractivity contribution in [2.24, 2.45) is 0 Å². The summed E-state index contributed by atoms with van der Waals surface area (Å²) in [6.07, 6.45) is 5.78. The van der Waals surface area contributed by atoms with Crippen molar-refractivity contribution >= 4 is 11.7 Å².